The van der Waals surface area contributed by atoms with Gasteiger partial charge in [0.2, 0.25) is 5.91 Å². The fourth-order valence-corrected chi connectivity index (χ4v) is 5.85. The van der Waals surface area contributed by atoms with Crippen LogP contribution in [0, 0.1) is 17.3 Å². The van der Waals surface area contributed by atoms with E-state index >= 15 is 0 Å². The summed E-state index contributed by atoms with van der Waals surface area (Å²) in [4.78, 5) is 31.3. The maximum Gasteiger partial charge on any atom is 0.223 e. The molecule has 7 heteroatoms. The van der Waals surface area contributed by atoms with Crippen LogP contribution >= 0.6 is 0 Å². The maximum absolute atomic E-state index is 13.6. The van der Waals surface area contributed by atoms with Crippen molar-refractivity contribution in [3.05, 3.63) is 54.7 Å². The van der Waals surface area contributed by atoms with Crippen LogP contribution in [0.3, 0.4) is 0 Å². The summed E-state index contributed by atoms with van der Waals surface area (Å²) < 4.78 is 6.15. The lowest BCUT2D eigenvalue weighted by Gasteiger charge is -2.36. The molecule has 7 nitrogen and oxygen atoms in total. The molecule has 7 atom stereocenters. The normalized spacial score (nSPS) is 34.8. The minimum atomic E-state index is -1.22. The highest BCUT2D eigenvalue weighted by atomic mass is 16.6. The number of epoxide rings is 1. The molecule has 0 aliphatic carbocycles. The first-order chi connectivity index (χ1) is 18.0. The van der Waals surface area contributed by atoms with Crippen molar-refractivity contribution in [3.8, 4) is 0 Å². The van der Waals surface area contributed by atoms with E-state index in [4.69, 9.17) is 4.74 Å². The molecule has 2 aliphatic rings. The van der Waals surface area contributed by atoms with Crippen molar-refractivity contribution in [2.75, 3.05) is 0 Å². The fourth-order valence-electron chi connectivity index (χ4n) is 5.85. The number of nitrogens with one attached hydrogen (secondary N) is 1. The number of benzene rings is 1. The Morgan fingerprint density at radius 3 is 2.71 bits per heavy atom. The van der Waals surface area contributed by atoms with Crippen LogP contribution in [0.4, 0.5) is 0 Å². The van der Waals surface area contributed by atoms with E-state index < -0.39 is 23.5 Å². The van der Waals surface area contributed by atoms with E-state index in [1.54, 1.807) is 26.1 Å². The number of aliphatic hydroxyl groups excluding tert-OH is 2. The zero-order chi connectivity index (χ0) is 27.7. The number of amides is 1. The van der Waals surface area contributed by atoms with Gasteiger partial charge in [0.15, 0.2) is 0 Å². The molecule has 0 spiro atoms. The third-order valence-corrected chi connectivity index (χ3v) is 8.78. The number of aliphatic hydroxyl groups is 2. The summed E-state index contributed by atoms with van der Waals surface area (Å²) in [5.41, 5.74) is 0.260. The Morgan fingerprint density at radius 1 is 1.21 bits per heavy atom. The topological polar surface area (TPSA) is 112 Å². The molecule has 3 heterocycles. The Balaban J connectivity index is 1.63. The highest BCUT2D eigenvalue weighted by Crippen LogP contribution is 2.46. The Labute approximate surface area is 225 Å². The molecule has 2 fully saturated rings. The third kappa shape index (κ3) is 6.00. The minimum Gasteiger partial charge on any atom is -0.392 e. The zero-order valence-corrected chi connectivity index (χ0v) is 23.0. The first kappa shape index (κ1) is 28.4. The van der Waals surface area contributed by atoms with Gasteiger partial charge < -0.3 is 20.3 Å². The highest BCUT2D eigenvalue weighted by molar-refractivity contribution is 5.88. The molecule has 4 rings (SSSR count). The van der Waals surface area contributed by atoms with Crippen molar-refractivity contribution in [1.82, 2.24) is 10.3 Å². The number of carbonyl (C=O) groups is 2. The van der Waals surface area contributed by atoms with Gasteiger partial charge in [-0.3, -0.25) is 14.6 Å². The summed E-state index contributed by atoms with van der Waals surface area (Å²) in [6.07, 6.45) is 4.42. The quantitative estimate of drug-likeness (QED) is 0.399. The van der Waals surface area contributed by atoms with E-state index in [9.17, 15) is 19.8 Å². The fraction of sp³-hybridized carbons (Fsp3) is 0.581. The van der Waals surface area contributed by atoms with E-state index in [1.165, 1.54) is 0 Å². The van der Waals surface area contributed by atoms with Gasteiger partial charge in [0.05, 0.1) is 47.3 Å². The molecule has 38 heavy (non-hydrogen) atoms. The summed E-state index contributed by atoms with van der Waals surface area (Å²) in [6.45, 7) is 11.1. The van der Waals surface area contributed by atoms with Gasteiger partial charge in [-0.1, -0.05) is 51.5 Å². The van der Waals surface area contributed by atoms with E-state index in [2.05, 4.69) is 23.8 Å². The summed E-state index contributed by atoms with van der Waals surface area (Å²) in [5, 5.41) is 26.4. The summed E-state index contributed by atoms with van der Waals surface area (Å²) in [5.74, 6) is -1.39. The van der Waals surface area contributed by atoms with Gasteiger partial charge in [0.1, 0.15) is 5.78 Å². The van der Waals surface area contributed by atoms with E-state index in [-0.39, 0.29) is 41.8 Å². The second kappa shape index (κ2) is 11.2. The molecule has 1 aromatic carbocycles. The lowest BCUT2D eigenvalue weighted by molar-refractivity contribution is -0.144. The van der Waals surface area contributed by atoms with Gasteiger partial charge in [-0.2, -0.15) is 0 Å². The van der Waals surface area contributed by atoms with Gasteiger partial charge in [-0.05, 0) is 49.8 Å². The number of nitrogens with zero attached hydrogens (tertiary/aromatic N) is 1. The number of hydrogen-bond acceptors (Lipinski definition) is 6. The van der Waals surface area contributed by atoms with E-state index in [0.717, 1.165) is 35.7 Å². The molecule has 2 saturated heterocycles. The zero-order valence-electron chi connectivity index (χ0n) is 23.0. The Kier molecular flexibility index (Phi) is 8.40. The molecular weight excluding hydrogens is 480 g/mol. The predicted octanol–water partition coefficient (Wildman–Crippen LogP) is 4.66. The molecule has 1 amide bonds. The molecule has 0 saturated carbocycles. The molecule has 3 N–H and O–H groups in total. The largest absolute Gasteiger partial charge is 0.392 e. The van der Waals surface area contributed by atoms with Crippen LogP contribution in [0.25, 0.3) is 10.9 Å². The number of allylic oxidation sites excluding steroid dienone is 1. The van der Waals surface area contributed by atoms with Crippen LogP contribution in [0.5, 0.6) is 0 Å². The number of ether oxygens (including phenoxy) is 1. The van der Waals surface area contributed by atoms with Crippen molar-refractivity contribution in [2.45, 2.75) is 96.2 Å². The smallest absolute Gasteiger partial charge is 0.223 e. The molecule has 2 aliphatic heterocycles. The van der Waals surface area contributed by atoms with Crippen molar-refractivity contribution >= 4 is 22.6 Å². The van der Waals surface area contributed by atoms with Crippen molar-refractivity contribution < 1.29 is 24.5 Å². The maximum atomic E-state index is 13.6. The van der Waals surface area contributed by atoms with Crippen LogP contribution in [-0.2, 0) is 14.3 Å². The minimum absolute atomic E-state index is 0.0168. The first-order valence-corrected chi connectivity index (χ1v) is 13.8. The molecule has 206 valence electrons. The first-order valence-electron chi connectivity index (χ1n) is 13.8. The van der Waals surface area contributed by atoms with Crippen molar-refractivity contribution in [3.63, 3.8) is 0 Å². The number of hydrogen-bond donors (Lipinski definition) is 3. The lowest BCUT2D eigenvalue weighted by Crippen LogP contribution is -2.47. The molecule has 7 unspecified atom stereocenters. The van der Waals surface area contributed by atoms with Gasteiger partial charge in [0.25, 0.3) is 0 Å². The van der Waals surface area contributed by atoms with Crippen LogP contribution in [-0.4, -0.2) is 50.8 Å². The number of aromatic nitrogens is 1. The standard InChI is InChI=1S/C31H42N2O5/c1-6-9-22-28(36)19(2)10-7-14-31(5)26(38-31)17-24(21-13-12-20-11-8-15-32-23(20)16-21)33-27(35)18-25(34)30(3,4)29(22)37/h6,8,11-13,15-16,19,22,24-26,28,34,36H,1,7,9-10,14,17-18H2,2-5H3,(H,33,35). The summed E-state index contributed by atoms with van der Waals surface area (Å²) in [6, 6.07) is 9.56. The highest BCUT2D eigenvalue weighted by Gasteiger charge is 2.52. The van der Waals surface area contributed by atoms with E-state index in [1.807, 2.05) is 37.3 Å². The summed E-state index contributed by atoms with van der Waals surface area (Å²) in [7, 11) is 0. The van der Waals surface area contributed by atoms with Gasteiger partial charge in [-0.15, -0.1) is 6.58 Å². The van der Waals surface area contributed by atoms with Crippen LogP contribution in [0.1, 0.15) is 77.8 Å². The average Bonchev–Trinajstić information content (AvgIpc) is 3.53. The van der Waals surface area contributed by atoms with Crippen LogP contribution in [0.2, 0.25) is 0 Å². The van der Waals surface area contributed by atoms with Gasteiger partial charge in [0, 0.05) is 23.9 Å². The second-order valence-corrected chi connectivity index (χ2v) is 12.0. The summed E-state index contributed by atoms with van der Waals surface area (Å²) >= 11 is 0. The molecular formula is C31H42N2O5. The Hall–Kier alpha value is -2.61. The van der Waals surface area contributed by atoms with Crippen LogP contribution < -0.4 is 5.32 Å². The third-order valence-electron chi connectivity index (χ3n) is 8.78. The monoisotopic (exact) mass is 522 g/mol. The van der Waals surface area contributed by atoms with Gasteiger partial charge >= 0.3 is 0 Å². The molecule has 0 radical (unpaired) electrons. The van der Waals surface area contributed by atoms with Crippen molar-refractivity contribution in [1.29, 1.82) is 0 Å². The molecule has 0 bridgehead atoms. The van der Waals surface area contributed by atoms with E-state index in [0.29, 0.717) is 12.8 Å². The molecule has 1 aromatic heterocycles. The average molecular weight is 523 g/mol. The molecule has 2 aromatic rings. The number of ketones is 1. The lowest BCUT2D eigenvalue weighted by atomic mass is 9.71. The second-order valence-electron chi connectivity index (χ2n) is 12.0. The Morgan fingerprint density at radius 2 is 1.97 bits per heavy atom. The predicted molar refractivity (Wildman–Crippen MR) is 147 cm³/mol. The number of Topliss-reactive ketones (excluding diaryl/α,β-unsaturated/α-hetero) is 1. The Bertz CT molecular complexity index is 1180. The number of pyridine rings is 1. The number of rotatable bonds is 3. The number of fused-ring (bicyclic) bond motifs is 2. The van der Waals surface area contributed by atoms with Crippen LogP contribution in [0.15, 0.2) is 49.2 Å². The van der Waals surface area contributed by atoms with Gasteiger partial charge in [-0.25, -0.2) is 0 Å². The number of carbonyl (C=O) groups excluding carboxylic acids is 2. The van der Waals surface area contributed by atoms with Crippen molar-refractivity contribution in [2.24, 2.45) is 17.3 Å². The SMILES string of the molecule is C=CCC1C(=O)C(C)(C)C(O)CC(=O)NC(c2ccc3cccnc3c2)CC2OC2(C)CCCC(C)C1O.